The topological polar surface area (TPSA) is 26.0 Å². The molecule has 0 N–H and O–H groups in total. The first kappa shape index (κ1) is 6.95. The Morgan fingerprint density at radius 3 is 2.82 bits per heavy atom. The first-order valence-corrected chi connectivity index (χ1v) is 3.74. The summed E-state index contributed by atoms with van der Waals surface area (Å²) in [6.45, 7) is 0. The van der Waals surface area contributed by atoms with E-state index in [0.717, 1.165) is 0 Å². The number of aromatic nitrogens is 1. The molecular weight excluding hydrogens is 185 g/mol. The van der Waals surface area contributed by atoms with Crippen LogP contribution in [0.2, 0.25) is 10.2 Å². The van der Waals surface area contributed by atoms with E-state index in [0.29, 0.717) is 21.1 Å². The van der Waals surface area contributed by atoms with Gasteiger partial charge < -0.3 is 4.52 Å². The van der Waals surface area contributed by atoms with Crippen molar-refractivity contribution in [3.8, 4) is 0 Å². The van der Waals surface area contributed by atoms with Crippen molar-refractivity contribution in [2.24, 2.45) is 0 Å². The van der Waals surface area contributed by atoms with Crippen LogP contribution in [0.1, 0.15) is 0 Å². The Bertz CT molecular complexity index is 396. The van der Waals surface area contributed by atoms with Crippen LogP contribution in [0, 0.1) is 0 Å². The zero-order valence-corrected chi connectivity index (χ0v) is 6.86. The maximum Gasteiger partial charge on any atom is 0.181 e. The Balaban J connectivity index is 2.96. The largest absolute Gasteiger partial charge is 0.355 e. The summed E-state index contributed by atoms with van der Waals surface area (Å²) in [7, 11) is 0. The van der Waals surface area contributed by atoms with E-state index in [4.69, 9.17) is 27.7 Å². The van der Waals surface area contributed by atoms with Gasteiger partial charge in [-0.25, -0.2) is 0 Å². The van der Waals surface area contributed by atoms with Gasteiger partial charge >= 0.3 is 0 Å². The Labute approximate surface area is 72.7 Å². The molecule has 0 unspecified atom stereocenters. The first-order chi connectivity index (χ1) is 5.29. The lowest BCUT2D eigenvalue weighted by Crippen LogP contribution is -1.66. The van der Waals surface area contributed by atoms with Gasteiger partial charge in [0.1, 0.15) is 0 Å². The van der Waals surface area contributed by atoms with Crippen molar-refractivity contribution in [3.63, 3.8) is 0 Å². The number of hydrogen-bond acceptors (Lipinski definition) is 2. The minimum absolute atomic E-state index is 0.311. The Kier molecular flexibility index (Phi) is 1.51. The SMILES string of the molecule is Clc1cccc2onc(Cl)c12. The van der Waals surface area contributed by atoms with Gasteiger partial charge in [-0.1, -0.05) is 34.4 Å². The Morgan fingerprint density at radius 1 is 1.27 bits per heavy atom. The average molecular weight is 188 g/mol. The fraction of sp³-hybridized carbons (Fsp3) is 0. The molecule has 1 aromatic heterocycles. The smallest absolute Gasteiger partial charge is 0.181 e. The molecule has 0 atom stereocenters. The van der Waals surface area contributed by atoms with Gasteiger partial charge in [0.15, 0.2) is 10.7 Å². The lowest BCUT2D eigenvalue weighted by Gasteiger charge is -1.88. The summed E-state index contributed by atoms with van der Waals surface area (Å²) < 4.78 is 4.86. The van der Waals surface area contributed by atoms with Gasteiger partial charge in [0.2, 0.25) is 0 Å². The molecule has 1 aromatic carbocycles. The van der Waals surface area contributed by atoms with Crippen LogP contribution >= 0.6 is 23.2 Å². The molecule has 0 bridgehead atoms. The van der Waals surface area contributed by atoms with Crippen molar-refractivity contribution < 1.29 is 4.52 Å². The highest BCUT2D eigenvalue weighted by Gasteiger charge is 2.07. The summed E-state index contributed by atoms with van der Waals surface area (Å²) in [5.41, 5.74) is 0.613. The zero-order chi connectivity index (χ0) is 7.84. The van der Waals surface area contributed by atoms with Crippen LogP contribution < -0.4 is 0 Å². The minimum Gasteiger partial charge on any atom is -0.355 e. The molecule has 4 heteroatoms. The summed E-state index contributed by atoms with van der Waals surface area (Å²) in [6, 6.07) is 5.29. The highest BCUT2D eigenvalue weighted by Crippen LogP contribution is 2.29. The van der Waals surface area contributed by atoms with Crippen LogP contribution in [0.4, 0.5) is 0 Å². The van der Waals surface area contributed by atoms with Crippen LogP contribution in [0.3, 0.4) is 0 Å². The van der Waals surface area contributed by atoms with Crippen LogP contribution in [-0.4, -0.2) is 5.16 Å². The fourth-order valence-corrected chi connectivity index (χ4v) is 1.45. The summed E-state index contributed by atoms with van der Waals surface area (Å²) in [4.78, 5) is 0. The quantitative estimate of drug-likeness (QED) is 0.634. The average Bonchev–Trinajstić information content (AvgIpc) is 2.34. The molecule has 2 aromatic rings. The van der Waals surface area contributed by atoms with Crippen molar-refractivity contribution in [2.45, 2.75) is 0 Å². The third-order valence-corrected chi connectivity index (χ3v) is 1.98. The predicted octanol–water partition coefficient (Wildman–Crippen LogP) is 3.13. The number of benzene rings is 1. The van der Waals surface area contributed by atoms with Crippen molar-refractivity contribution in [2.75, 3.05) is 0 Å². The Hall–Kier alpha value is -0.730. The highest BCUT2D eigenvalue weighted by molar-refractivity contribution is 6.41. The van der Waals surface area contributed by atoms with E-state index in [9.17, 15) is 0 Å². The maximum atomic E-state index is 5.82. The van der Waals surface area contributed by atoms with E-state index in [1.165, 1.54) is 0 Å². The third-order valence-electron chi connectivity index (χ3n) is 1.41. The van der Waals surface area contributed by atoms with Gasteiger partial charge in [-0.15, -0.1) is 0 Å². The number of hydrogen-bond donors (Lipinski definition) is 0. The zero-order valence-electron chi connectivity index (χ0n) is 5.34. The molecule has 0 fully saturated rings. The fourth-order valence-electron chi connectivity index (χ4n) is 0.916. The standard InChI is InChI=1S/C7H3Cl2NO/c8-4-2-1-3-5-6(4)7(9)10-11-5/h1-3H. The van der Waals surface area contributed by atoms with E-state index in [-0.39, 0.29) is 0 Å². The molecule has 0 saturated carbocycles. The first-order valence-electron chi connectivity index (χ1n) is 2.98. The molecular formula is C7H3Cl2NO. The molecule has 0 spiro atoms. The number of halogens is 2. The van der Waals surface area contributed by atoms with Crippen molar-refractivity contribution in [3.05, 3.63) is 28.4 Å². The van der Waals surface area contributed by atoms with Gasteiger partial charge in [-0.3, -0.25) is 0 Å². The van der Waals surface area contributed by atoms with E-state index >= 15 is 0 Å². The predicted molar refractivity (Wildman–Crippen MR) is 44.0 cm³/mol. The van der Waals surface area contributed by atoms with E-state index in [2.05, 4.69) is 5.16 Å². The number of nitrogens with zero attached hydrogens (tertiary/aromatic N) is 1. The second-order valence-corrected chi connectivity index (χ2v) is 2.85. The lowest BCUT2D eigenvalue weighted by molar-refractivity contribution is 0.457. The molecule has 2 nitrogen and oxygen atoms in total. The van der Waals surface area contributed by atoms with Crippen molar-refractivity contribution in [1.29, 1.82) is 0 Å². The molecule has 0 aliphatic carbocycles. The summed E-state index contributed by atoms with van der Waals surface area (Å²) >= 11 is 11.5. The minimum atomic E-state index is 0.311. The van der Waals surface area contributed by atoms with Crippen LogP contribution in [0.5, 0.6) is 0 Å². The molecule has 56 valence electrons. The number of rotatable bonds is 0. The molecule has 1 heterocycles. The summed E-state index contributed by atoms with van der Waals surface area (Å²) in [5, 5.41) is 5.11. The molecule has 0 aliphatic heterocycles. The van der Waals surface area contributed by atoms with Gasteiger partial charge in [0, 0.05) is 0 Å². The van der Waals surface area contributed by atoms with Crippen LogP contribution in [-0.2, 0) is 0 Å². The summed E-state index contributed by atoms with van der Waals surface area (Å²) in [5.74, 6) is 0. The van der Waals surface area contributed by atoms with Crippen molar-refractivity contribution in [1.82, 2.24) is 5.16 Å². The molecule has 2 rings (SSSR count). The maximum absolute atomic E-state index is 5.82. The molecule has 0 saturated heterocycles. The summed E-state index contributed by atoms with van der Waals surface area (Å²) in [6.07, 6.45) is 0. The number of fused-ring (bicyclic) bond motifs is 1. The van der Waals surface area contributed by atoms with Gasteiger partial charge in [-0.2, -0.15) is 0 Å². The normalized spacial score (nSPS) is 10.7. The van der Waals surface area contributed by atoms with E-state index in [1.54, 1.807) is 18.2 Å². The third kappa shape index (κ3) is 0.988. The van der Waals surface area contributed by atoms with E-state index in [1.807, 2.05) is 0 Å². The second-order valence-electron chi connectivity index (χ2n) is 2.09. The molecule has 0 aliphatic rings. The highest BCUT2D eigenvalue weighted by atomic mass is 35.5. The molecule has 0 radical (unpaired) electrons. The van der Waals surface area contributed by atoms with Crippen molar-refractivity contribution >= 4 is 34.2 Å². The van der Waals surface area contributed by atoms with Gasteiger partial charge in [0.05, 0.1) is 10.4 Å². The second kappa shape index (κ2) is 2.40. The van der Waals surface area contributed by atoms with Gasteiger partial charge in [-0.05, 0) is 12.1 Å². The lowest BCUT2D eigenvalue weighted by atomic mass is 10.3. The van der Waals surface area contributed by atoms with Gasteiger partial charge in [0.25, 0.3) is 0 Å². The van der Waals surface area contributed by atoms with Crippen LogP contribution in [0.25, 0.3) is 11.0 Å². The Morgan fingerprint density at radius 2 is 2.09 bits per heavy atom. The monoisotopic (exact) mass is 187 g/mol. The van der Waals surface area contributed by atoms with E-state index < -0.39 is 0 Å². The van der Waals surface area contributed by atoms with Crippen LogP contribution in [0.15, 0.2) is 22.7 Å². The molecule has 11 heavy (non-hydrogen) atoms. The molecule has 0 amide bonds.